The molecule has 160 valence electrons. The smallest absolute Gasteiger partial charge is 0.165 e. The molecule has 0 radical (unpaired) electrons. The second-order valence-electron chi connectivity index (χ2n) is 8.24. The molecule has 31 heavy (non-hydrogen) atoms. The number of allylic oxidation sites excluding steroid dienone is 3. The Morgan fingerprint density at radius 3 is 3.00 bits per heavy atom. The van der Waals surface area contributed by atoms with E-state index in [1.807, 2.05) is 11.8 Å². The van der Waals surface area contributed by atoms with Crippen LogP contribution in [0.2, 0.25) is 0 Å². The molecule has 7 nitrogen and oxygen atoms in total. The normalized spacial score (nSPS) is 23.4. The van der Waals surface area contributed by atoms with Crippen molar-refractivity contribution in [3.05, 3.63) is 60.9 Å². The maximum atomic E-state index is 13.8. The van der Waals surface area contributed by atoms with Crippen molar-refractivity contribution in [1.29, 1.82) is 0 Å². The van der Waals surface area contributed by atoms with E-state index in [4.69, 9.17) is 4.98 Å². The van der Waals surface area contributed by atoms with E-state index in [1.165, 1.54) is 12.3 Å². The van der Waals surface area contributed by atoms with Gasteiger partial charge >= 0.3 is 0 Å². The summed E-state index contributed by atoms with van der Waals surface area (Å²) >= 11 is 0. The Balaban J connectivity index is 1.39. The van der Waals surface area contributed by atoms with Crippen molar-refractivity contribution in [1.82, 2.24) is 20.3 Å². The Morgan fingerprint density at radius 1 is 1.29 bits per heavy atom. The molecule has 5 rings (SSSR count). The fraction of sp³-hybridized carbons (Fsp3) is 0.348. The minimum atomic E-state index is -0.413. The van der Waals surface area contributed by atoms with Crippen LogP contribution in [0, 0.1) is 17.7 Å². The zero-order chi connectivity index (χ0) is 21.4. The van der Waals surface area contributed by atoms with Crippen LogP contribution in [0.5, 0.6) is 0 Å². The summed E-state index contributed by atoms with van der Waals surface area (Å²) in [5.74, 6) is 2.59. The van der Waals surface area contributed by atoms with Gasteiger partial charge < -0.3 is 20.9 Å². The third-order valence-electron chi connectivity index (χ3n) is 6.13. The molecule has 0 spiro atoms. The van der Waals surface area contributed by atoms with E-state index in [2.05, 4.69) is 56.8 Å². The summed E-state index contributed by atoms with van der Waals surface area (Å²) in [6.45, 7) is 8.35. The highest BCUT2D eigenvalue weighted by Crippen LogP contribution is 2.38. The third kappa shape index (κ3) is 3.79. The highest BCUT2D eigenvalue weighted by molar-refractivity contribution is 5.84. The van der Waals surface area contributed by atoms with Gasteiger partial charge in [-0.15, -0.1) is 0 Å². The number of fused-ring (bicyclic) bond motifs is 2. The summed E-state index contributed by atoms with van der Waals surface area (Å²) in [6.07, 6.45) is 12.6. The lowest BCUT2D eigenvalue weighted by atomic mass is 9.86. The van der Waals surface area contributed by atoms with Crippen LogP contribution in [0.25, 0.3) is 11.4 Å². The molecule has 1 aliphatic carbocycles. The predicted molar refractivity (Wildman–Crippen MR) is 121 cm³/mol. The van der Waals surface area contributed by atoms with Crippen LogP contribution < -0.4 is 20.9 Å². The van der Waals surface area contributed by atoms with Gasteiger partial charge in [0.1, 0.15) is 11.5 Å². The summed E-state index contributed by atoms with van der Waals surface area (Å²) in [7, 11) is 0. The lowest BCUT2D eigenvalue weighted by molar-refractivity contribution is 0.446. The van der Waals surface area contributed by atoms with Crippen molar-refractivity contribution >= 4 is 17.3 Å². The molecule has 3 unspecified atom stereocenters. The summed E-state index contributed by atoms with van der Waals surface area (Å²) < 4.78 is 13.8. The molecule has 8 heteroatoms. The van der Waals surface area contributed by atoms with Crippen molar-refractivity contribution in [3.8, 4) is 11.4 Å². The van der Waals surface area contributed by atoms with Crippen LogP contribution in [0.15, 0.2) is 55.0 Å². The first-order valence-corrected chi connectivity index (χ1v) is 10.6. The van der Waals surface area contributed by atoms with Gasteiger partial charge in [-0.05, 0) is 31.9 Å². The molecule has 3 atom stereocenters. The van der Waals surface area contributed by atoms with Crippen LogP contribution >= 0.6 is 0 Å². The summed E-state index contributed by atoms with van der Waals surface area (Å²) in [5.41, 5.74) is 2.26. The molecule has 2 aromatic rings. The number of aromatic nitrogens is 3. The highest BCUT2D eigenvalue weighted by Gasteiger charge is 2.33. The van der Waals surface area contributed by atoms with E-state index in [0.717, 1.165) is 42.5 Å². The molecular weight excluding hydrogens is 393 g/mol. The quantitative estimate of drug-likeness (QED) is 0.661. The zero-order valence-corrected chi connectivity index (χ0v) is 17.5. The van der Waals surface area contributed by atoms with Gasteiger partial charge in [0.2, 0.25) is 0 Å². The van der Waals surface area contributed by atoms with E-state index < -0.39 is 5.82 Å². The van der Waals surface area contributed by atoms with E-state index in [9.17, 15) is 4.39 Å². The topological polar surface area (TPSA) is 78.0 Å². The number of anilines is 3. The van der Waals surface area contributed by atoms with Gasteiger partial charge in [-0.25, -0.2) is 14.4 Å². The molecule has 0 amide bonds. The standard InChI is InChI=1S/C23H26FN7/c1-14(2)31-13-28-20-22(26-8-7-15-11-27-19-6-4-3-5-18(15)19)29-21(30-23(20)31)16-9-17(24)12-25-10-16/h3-6,9-10,12,15,18-19,27-28H,1,7-8,11,13H2,2H3,(H,26,29,30). The van der Waals surface area contributed by atoms with Crippen molar-refractivity contribution in [2.24, 2.45) is 11.8 Å². The molecule has 0 saturated carbocycles. The number of pyridine rings is 1. The summed E-state index contributed by atoms with van der Waals surface area (Å²) in [5, 5.41) is 10.5. The Hall–Kier alpha value is -3.26. The average Bonchev–Trinajstić information content (AvgIpc) is 3.38. The van der Waals surface area contributed by atoms with Crippen LogP contribution in [0.4, 0.5) is 21.7 Å². The first-order valence-electron chi connectivity index (χ1n) is 10.6. The van der Waals surface area contributed by atoms with Gasteiger partial charge in [0.15, 0.2) is 17.5 Å². The molecule has 4 heterocycles. The SMILES string of the molecule is C=C(C)N1CNc2c(NCCC3CNC4C=CC=CC34)nc(-c3cncc(F)c3)nc21. The predicted octanol–water partition coefficient (Wildman–Crippen LogP) is 3.53. The lowest BCUT2D eigenvalue weighted by Gasteiger charge is -2.21. The second-order valence-corrected chi connectivity index (χ2v) is 8.24. The monoisotopic (exact) mass is 419 g/mol. The molecular formula is C23H26FN7. The number of halogens is 1. The van der Waals surface area contributed by atoms with Gasteiger partial charge in [0, 0.05) is 36.0 Å². The number of nitrogens with one attached hydrogen (secondary N) is 3. The maximum Gasteiger partial charge on any atom is 0.165 e. The molecule has 0 aromatic carbocycles. The second kappa shape index (κ2) is 8.11. The van der Waals surface area contributed by atoms with Crippen molar-refractivity contribution < 1.29 is 4.39 Å². The number of hydrogen-bond acceptors (Lipinski definition) is 7. The van der Waals surface area contributed by atoms with Gasteiger partial charge in [-0.1, -0.05) is 30.9 Å². The van der Waals surface area contributed by atoms with Crippen molar-refractivity contribution in [2.75, 3.05) is 35.3 Å². The minimum Gasteiger partial charge on any atom is -0.368 e. The van der Waals surface area contributed by atoms with Crippen LogP contribution in [-0.4, -0.2) is 40.8 Å². The summed E-state index contributed by atoms with van der Waals surface area (Å²) in [6, 6.07) is 1.84. The fourth-order valence-corrected chi connectivity index (χ4v) is 4.52. The third-order valence-corrected chi connectivity index (χ3v) is 6.13. The number of nitrogens with zero attached hydrogens (tertiary/aromatic N) is 4. The largest absolute Gasteiger partial charge is 0.368 e. The zero-order valence-electron chi connectivity index (χ0n) is 17.5. The molecule has 0 bridgehead atoms. The fourth-order valence-electron chi connectivity index (χ4n) is 4.52. The van der Waals surface area contributed by atoms with Crippen LogP contribution in [0.3, 0.4) is 0 Å². The Labute approximate surface area is 181 Å². The van der Waals surface area contributed by atoms with Gasteiger partial charge in [0.05, 0.1) is 12.9 Å². The van der Waals surface area contributed by atoms with Crippen molar-refractivity contribution in [2.45, 2.75) is 19.4 Å². The molecule has 2 aliphatic heterocycles. The average molecular weight is 420 g/mol. The first-order chi connectivity index (χ1) is 15.1. The van der Waals surface area contributed by atoms with E-state index in [-0.39, 0.29) is 0 Å². The Bertz CT molecular complexity index is 1060. The summed E-state index contributed by atoms with van der Waals surface area (Å²) in [4.78, 5) is 15.3. The van der Waals surface area contributed by atoms with Gasteiger partial charge in [-0.2, -0.15) is 0 Å². The Kier molecular flexibility index (Phi) is 5.15. The molecule has 1 saturated heterocycles. The van der Waals surface area contributed by atoms with Crippen molar-refractivity contribution in [3.63, 3.8) is 0 Å². The highest BCUT2D eigenvalue weighted by atomic mass is 19.1. The van der Waals surface area contributed by atoms with E-state index >= 15 is 0 Å². The minimum absolute atomic E-state index is 0.413. The number of hydrogen-bond donors (Lipinski definition) is 3. The maximum absolute atomic E-state index is 13.8. The van der Waals surface area contributed by atoms with Crippen LogP contribution in [0.1, 0.15) is 13.3 Å². The van der Waals surface area contributed by atoms with E-state index in [1.54, 1.807) is 6.20 Å². The molecule has 1 fully saturated rings. The van der Waals surface area contributed by atoms with Gasteiger partial charge in [0.25, 0.3) is 0 Å². The number of rotatable bonds is 6. The lowest BCUT2D eigenvalue weighted by Crippen LogP contribution is -2.25. The van der Waals surface area contributed by atoms with Gasteiger partial charge in [-0.3, -0.25) is 4.98 Å². The molecule has 3 aliphatic rings. The van der Waals surface area contributed by atoms with Crippen LogP contribution in [-0.2, 0) is 0 Å². The Morgan fingerprint density at radius 2 is 2.16 bits per heavy atom. The first kappa shape index (κ1) is 19.7. The molecule has 3 N–H and O–H groups in total. The molecule has 2 aromatic heterocycles. The van der Waals surface area contributed by atoms with E-state index in [0.29, 0.717) is 35.9 Å².